The van der Waals surface area contributed by atoms with Crippen LogP contribution in [0.2, 0.25) is 0 Å². The molecule has 0 saturated heterocycles. The lowest BCUT2D eigenvalue weighted by atomic mass is 10.1. The SMILES string of the molecule is Cc1nc(NCC(F)(F)F)nc(N[C@@H]2C[C@@H](CN(CC3CC3)S(C)(=O)=O)[C@@H](O)[C@H]2O)c1-c1nc2ccccc2s1. The van der Waals surface area contributed by atoms with Crippen molar-refractivity contribution in [3.63, 3.8) is 0 Å². The van der Waals surface area contributed by atoms with Gasteiger partial charge in [-0.25, -0.2) is 22.7 Å². The standard InChI is InChI=1S/C25H31F3N6O4S2/c1-13-19(23-32-16-5-3-4-6-18(16)39-23)22(33-24(30-13)29-12-25(26,27)28)31-17-9-15(20(35)21(17)36)11-34(40(2,37)38)10-14-7-8-14/h3-6,14-15,17,20-21,35-36H,7-12H2,1-2H3,(H2,29,30,31,33)/t15-,17+,20+,21-/m0/s1. The van der Waals surface area contributed by atoms with Crippen LogP contribution in [0.4, 0.5) is 24.9 Å². The summed E-state index contributed by atoms with van der Waals surface area (Å²) in [5, 5.41) is 27.6. The van der Waals surface area contributed by atoms with Crippen LogP contribution in [-0.2, 0) is 10.0 Å². The molecule has 2 fully saturated rings. The molecule has 3 aromatic rings. The lowest BCUT2D eigenvalue weighted by Gasteiger charge is -2.25. The number of aromatic nitrogens is 3. The number of fused-ring (bicyclic) bond motifs is 1. The van der Waals surface area contributed by atoms with Crippen molar-refractivity contribution in [2.24, 2.45) is 11.8 Å². The molecule has 0 bridgehead atoms. The van der Waals surface area contributed by atoms with Crippen molar-refractivity contribution >= 4 is 43.3 Å². The maximum absolute atomic E-state index is 12.9. The lowest BCUT2D eigenvalue weighted by molar-refractivity contribution is -0.115. The number of thiazole rings is 1. The molecule has 10 nitrogen and oxygen atoms in total. The second-order valence-corrected chi connectivity index (χ2v) is 13.6. The maximum Gasteiger partial charge on any atom is 0.405 e. The van der Waals surface area contributed by atoms with Crippen LogP contribution in [0.15, 0.2) is 24.3 Å². The number of aliphatic hydroxyl groups excluding tert-OH is 2. The fraction of sp³-hybridized carbons (Fsp3) is 0.560. The fourth-order valence-electron chi connectivity index (χ4n) is 4.99. The number of hydrogen-bond acceptors (Lipinski definition) is 10. The molecule has 4 atom stereocenters. The zero-order valence-corrected chi connectivity index (χ0v) is 23.5. The van der Waals surface area contributed by atoms with E-state index >= 15 is 0 Å². The summed E-state index contributed by atoms with van der Waals surface area (Å²) in [7, 11) is -3.52. The minimum absolute atomic E-state index is 0.0532. The number of sulfonamides is 1. The van der Waals surface area contributed by atoms with E-state index in [1.807, 2.05) is 24.3 Å². The lowest BCUT2D eigenvalue weighted by Crippen LogP contribution is -2.40. The Balaban J connectivity index is 1.44. The van der Waals surface area contributed by atoms with Crippen molar-refractivity contribution in [2.45, 2.75) is 50.6 Å². The number of alkyl halides is 3. The Morgan fingerprint density at radius 2 is 1.82 bits per heavy atom. The molecule has 0 unspecified atom stereocenters. The number of rotatable bonds is 10. The molecule has 0 spiro atoms. The van der Waals surface area contributed by atoms with Gasteiger partial charge < -0.3 is 20.8 Å². The van der Waals surface area contributed by atoms with E-state index in [9.17, 15) is 31.8 Å². The van der Waals surface area contributed by atoms with Gasteiger partial charge in [0.25, 0.3) is 0 Å². The number of hydrogen-bond donors (Lipinski definition) is 4. The van der Waals surface area contributed by atoms with Crippen molar-refractivity contribution in [3.8, 4) is 10.6 Å². The van der Waals surface area contributed by atoms with Crippen LogP contribution in [0.3, 0.4) is 0 Å². The smallest absolute Gasteiger partial charge is 0.390 e. The number of halogens is 3. The maximum atomic E-state index is 12.9. The topological polar surface area (TPSA) is 141 Å². The van der Waals surface area contributed by atoms with Gasteiger partial charge in [0.15, 0.2) is 0 Å². The van der Waals surface area contributed by atoms with E-state index in [1.54, 1.807) is 6.92 Å². The summed E-state index contributed by atoms with van der Waals surface area (Å²) in [6, 6.07) is 6.71. The number of nitrogens with zero attached hydrogens (tertiary/aromatic N) is 4. The van der Waals surface area contributed by atoms with Gasteiger partial charge in [-0.1, -0.05) is 12.1 Å². The van der Waals surface area contributed by atoms with Gasteiger partial charge in [-0.15, -0.1) is 11.3 Å². The minimum Gasteiger partial charge on any atom is -0.390 e. The Morgan fingerprint density at radius 3 is 2.48 bits per heavy atom. The zero-order chi connectivity index (χ0) is 28.8. The van der Waals surface area contributed by atoms with Crippen LogP contribution in [0.1, 0.15) is 25.0 Å². The van der Waals surface area contributed by atoms with Crippen molar-refractivity contribution in [3.05, 3.63) is 30.0 Å². The average Bonchev–Trinajstić information content (AvgIpc) is 3.52. The third-order valence-electron chi connectivity index (χ3n) is 7.23. The third-order valence-corrected chi connectivity index (χ3v) is 9.52. The van der Waals surface area contributed by atoms with Crippen LogP contribution in [0.25, 0.3) is 20.8 Å². The predicted molar refractivity (Wildman–Crippen MR) is 147 cm³/mol. The first-order chi connectivity index (χ1) is 18.8. The fourth-order valence-corrected chi connectivity index (χ4v) is 7.00. The van der Waals surface area contributed by atoms with E-state index in [0.717, 1.165) is 29.3 Å². The summed E-state index contributed by atoms with van der Waals surface area (Å²) in [5.41, 5.74) is 1.58. The van der Waals surface area contributed by atoms with E-state index < -0.39 is 46.9 Å². The highest BCUT2D eigenvalue weighted by atomic mass is 32.2. The Labute approximate surface area is 233 Å². The Hall–Kier alpha value is -2.59. The average molecular weight is 601 g/mol. The summed E-state index contributed by atoms with van der Waals surface area (Å²) in [4.78, 5) is 13.2. The Bertz CT molecular complexity index is 1450. The molecular weight excluding hydrogens is 569 g/mol. The number of nitrogens with one attached hydrogen (secondary N) is 2. The second kappa shape index (κ2) is 11.0. The molecule has 4 N–H and O–H groups in total. The van der Waals surface area contributed by atoms with Gasteiger partial charge in [-0.2, -0.15) is 18.2 Å². The van der Waals surface area contributed by atoms with E-state index in [-0.39, 0.29) is 24.7 Å². The van der Waals surface area contributed by atoms with E-state index in [4.69, 9.17) is 0 Å². The molecule has 0 radical (unpaired) electrons. The quantitative estimate of drug-likeness (QED) is 0.276. The van der Waals surface area contributed by atoms with Gasteiger partial charge in [0, 0.05) is 19.0 Å². The van der Waals surface area contributed by atoms with Gasteiger partial charge in [0.2, 0.25) is 16.0 Å². The normalized spacial score (nSPS) is 23.7. The number of para-hydroxylation sites is 1. The molecule has 2 heterocycles. The molecule has 1 aromatic carbocycles. The molecule has 0 amide bonds. The van der Waals surface area contributed by atoms with Gasteiger partial charge in [-0.3, -0.25) is 0 Å². The highest BCUT2D eigenvalue weighted by molar-refractivity contribution is 7.88. The highest BCUT2D eigenvalue weighted by Gasteiger charge is 2.44. The van der Waals surface area contributed by atoms with Crippen molar-refractivity contribution in [2.75, 3.05) is 36.5 Å². The van der Waals surface area contributed by atoms with E-state index in [0.29, 0.717) is 28.7 Å². The third kappa shape index (κ3) is 6.65. The molecule has 15 heteroatoms. The van der Waals surface area contributed by atoms with Crippen LogP contribution >= 0.6 is 11.3 Å². The number of benzene rings is 1. The Kier molecular flexibility index (Phi) is 7.96. The van der Waals surface area contributed by atoms with Crippen LogP contribution in [0.5, 0.6) is 0 Å². The molecule has 2 aliphatic carbocycles. The molecule has 0 aliphatic heterocycles. The summed E-state index contributed by atoms with van der Waals surface area (Å²) >= 11 is 1.37. The monoisotopic (exact) mass is 600 g/mol. The summed E-state index contributed by atoms with van der Waals surface area (Å²) in [6.45, 7) is 0.730. The minimum atomic E-state index is -4.48. The van der Waals surface area contributed by atoms with Crippen molar-refractivity contribution < 1.29 is 31.8 Å². The first kappa shape index (κ1) is 28.9. The Morgan fingerprint density at radius 1 is 1.10 bits per heavy atom. The van der Waals surface area contributed by atoms with Crippen LogP contribution in [0, 0.1) is 18.8 Å². The van der Waals surface area contributed by atoms with Crippen molar-refractivity contribution in [1.82, 2.24) is 19.3 Å². The molecule has 218 valence electrons. The van der Waals surface area contributed by atoms with Crippen LogP contribution in [-0.4, -0.2) is 88.2 Å². The predicted octanol–water partition coefficient (Wildman–Crippen LogP) is 3.23. The molecule has 2 aliphatic rings. The zero-order valence-electron chi connectivity index (χ0n) is 21.9. The van der Waals surface area contributed by atoms with Gasteiger partial charge in [0.1, 0.15) is 23.5 Å². The first-order valence-electron chi connectivity index (χ1n) is 12.9. The molecule has 40 heavy (non-hydrogen) atoms. The van der Waals surface area contributed by atoms with E-state index in [1.165, 1.54) is 15.6 Å². The highest BCUT2D eigenvalue weighted by Crippen LogP contribution is 2.39. The number of anilines is 2. The summed E-state index contributed by atoms with van der Waals surface area (Å²) in [6.07, 6.45) is -3.70. The van der Waals surface area contributed by atoms with Gasteiger partial charge >= 0.3 is 6.18 Å². The summed E-state index contributed by atoms with van der Waals surface area (Å²) < 4.78 is 65.7. The second-order valence-electron chi connectivity index (χ2n) is 10.6. The number of aryl methyl sites for hydroxylation is 1. The first-order valence-corrected chi connectivity index (χ1v) is 15.6. The molecule has 2 aromatic heterocycles. The van der Waals surface area contributed by atoms with Gasteiger partial charge in [0.05, 0.1) is 39.9 Å². The van der Waals surface area contributed by atoms with Gasteiger partial charge in [-0.05, 0) is 44.2 Å². The number of aliphatic hydroxyl groups is 2. The van der Waals surface area contributed by atoms with Crippen molar-refractivity contribution in [1.29, 1.82) is 0 Å². The van der Waals surface area contributed by atoms with Crippen LogP contribution < -0.4 is 10.6 Å². The summed E-state index contributed by atoms with van der Waals surface area (Å²) in [5.74, 6) is -0.349. The molecule has 5 rings (SSSR count). The molecule has 2 saturated carbocycles. The largest absolute Gasteiger partial charge is 0.405 e. The van der Waals surface area contributed by atoms with E-state index in [2.05, 4.69) is 25.6 Å². The molecular formula is C25H31F3N6O4S2.